The normalized spacial score (nSPS) is 10.9. The van der Waals surface area contributed by atoms with E-state index in [0.29, 0.717) is 28.0 Å². The lowest BCUT2D eigenvalue weighted by molar-refractivity contribution is 0.102. The van der Waals surface area contributed by atoms with Crippen LogP contribution in [0.5, 0.6) is 0 Å². The summed E-state index contributed by atoms with van der Waals surface area (Å²) < 4.78 is 1.77. The summed E-state index contributed by atoms with van der Waals surface area (Å²) in [6.07, 6.45) is 3.24. The van der Waals surface area contributed by atoms with Gasteiger partial charge in [0.15, 0.2) is 5.69 Å². The molecular formula is C20H14Cl2N4O. The van der Waals surface area contributed by atoms with Gasteiger partial charge in [-0.25, -0.2) is 0 Å². The summed E-state index contributed by atoms with van der Waals surface area (Å²) in [5, 5.41) is 9.26. The van der Waals surface area contributed by atoms with Crippen LogP contribution in [0.1, 0.15) is 16.1 Å². The topological polar surface area (TPSA) is 59.8 Å². The van der Waals surface area contributed by atoms with Gasteiger partial charge < -0.3 is 5.32 Å². The summed E-state index contributed by atoms with van der Waals surface area (Å²) in [6.45, 7) is 0.427. The summed E-state index contributed by atoms with van der Waals surface area (Å²) in [5.74, 6) is -0.292. The lowest BCUT2D eigenvalue weighted by atomic mass is 10.2. The number of hydrogen-bond acceptors (Lipinski definition) is 3. The molecule has 1 amide bonds. The van der Waals surface area contributed by atoms with Crippen molar-refractivity contribution < 1.29 is 4.79 Å². The number of anilines is 1. The third kappa shape index (κ3) is 3.65. The second kappa shape index (κ2) is 7.39. The number of carbonyl (C=O) groups excluding carboxylic acids is 1. The second-order valence-electron chi connectivity index (χ2n) is 5.95. The molecule has 0 aliphatic rings. The van der Waals surface area contributed by atoms with Crippen molar-refractivity contribution in [1.29, 1.82) is 0 Å². The van der Waals surface area contributed by atoms with Crippen LogP contribution in [0.15, 0.2) is 67.0 Å². The molecule has 134 valence electrons. The van der Waals surface area contributed by atoms with Crippen LogP contribution in [0.3, 0.4) is 0 Å². The van der Waals surface area contributed by atoms with E-state index in [-0.39, 0.29) is 5.91 Å². The quantitative estimate of drug-likeness (QED) is 0.525. The monoisotopic (exact) mass is 396 g/mol. The summed E-state index contributed by atoms with van der Waals surface area (Å²) in [5.41, 5.74) is 2.68. The van der Waals surface area contributed by atoms with E-state index in [1.165, 1.54) is 0 Å². The van der Waals surface area contributed by atoms with Crippen molar-refractivity contribution in [3.05, 3.63) is 88.3 Å². The Kier molecular flexibility index (Phi) is 4.79. The number of hydrogen-bond donors (Lipinski definition) is 1. The first-order chi connectivity index (χ1) is 13.1. The predicted molar refractivity (Wildman–Crippen MR) is 107 cm³/mol. The molecule has 4 rings (SSSR count). The summed E-state index contributed by atoms with van der Waals surface area (Å²) in [7, 11) is 0. The van der Waals surface area contributed by atoms with Gasteiger partial charge in [-0.2, -0.15) is 5.10 Å². The summed E-state index contributed by atoms with van der Waals surface area (Å²) >= 11 is 12.3. The maximum Gasteiger partial charge on any atom is 0.276 e. The number of benzene rings is 2. The fourth-order valence-corrected chi connectivity index (χ4v) is 3.32. The van der Waals surface area contributed by atoms with E-state index in [1.807, 2.05) is 30.3 Å². The molecule has 2 aromatic carbocycles. The van der Waals surface area contributed by atoms with Crippen LogP contribution in [0.2, 0.25) is 10.0 Å². The van der Waals surface area contributed by atoms with E-state index in [0.717, 1.165) is 16.5 Å². The van der Waals surface area contributed by atoms with Crippen molar-refractivity contribution in [3.8, 4) is 0 Å². The standard InChI is InChI=1S/C20H14Cl2N4O/c21-14-8-7-13(17(22)10-14)12-26-18-6-2-1-5-16(18)19(25-26)20(27)24-15-4-3-9-23-11-15/h1-11H,12H2,(H,24,27). The van der Waals surface area contributed by atoms with E-state index in [1.54, 1.807) is 41.3 Å². The van der Waals surface area contributed by atoms with Crippen molar-refractivity contribution in [2.75, 3.05) is 5.32 Å². The van der Waals surface area contributed by atoms with Gasteiger partial charge in [0.1, 0.15) is 0 Å². The van der Waals surface area contributed by atoms with Gasteiger partial charge >= 0.3 is 0 Å². The predicted octanol–water partition coefficient (Wildman–Crippen LogP) is 5.04. The van der Waals surface area contributed by atoms with Crippen LogP contribution >= 0.6 is 23.2 Å². The van der Waals surface area contributed by atoms with Crippen LogP contribution in [0.4, 0.5) is 5.69 Å². The third-order valence-electron chi connectivity index (χ3n) is 4.13. The highest BCUT2D eigenvalue weighted by atomic mass is 35.5. The number of carbonyl (C=O) groups is 1. The van der Waals surface area contributed by atoms with Gasteiger partial charge in [-0.1, -0.05) is 47.5 Å². The van der Waals surface area contributed by atoms with Crippen molar-refractivity contribution in [2.24, 2.45) is 0 Å². The molecule has 0 fully saturated rings. The first-order valence-electron chi connectivity index (χ1n) is 8.22. The number of aromatic nitrogens is 3. The second-order valence-corrected chi connectivity index (χ2v) is 6.80. The zero-order valence-electron chi connectivity index (χ0n) is 14.1. The largest absolute Gasteiger partial charge is 0.319 e. The van der Waals surface area contributed by atoms with Gasteiger partial charge in [-0.05, 0) is 35.9 Å². The van der Waals surface area contributed by atoms with Crippen molar-refractivity contribution in [1.82, 2.24) is 14.8 Å². The molecule has 1 N–H and O–H groups in total. The molecule has 0 unspecified atom stereocenters. The van der Waals surface area contributed by atoms with E-state index in [4.69, 9.17) is 23.2 Å². The number of amides is 1. The van der Waals surface area contributed by atoms with Crippen LogP contribution in [-0.2, 0) is 6.54 Å². The zero-order chi connectivity index (χ0) is 18.8. The Hall–Kier alpha value is -2.89. The fourth-order valence-electron chi connectivity index (χ4n) is 2.85. The first kappa shape index (κ1) is 17.5. The number of nitrogens with one attached hydrogen (secondary N) is 1. The summed E-state index contributed by atoms with van der Waals surface area (Å²) in [6, 6.07) is 16.5. The van der Waals surface area contributed by atoms with Gasteiger partial charge in [0.2, 0.25) is 0 Å². The highest BCUT2D eigenvalue weighted by Gasteiger charge is 2.18. The molecule has 0 bridgehead atoms. The van der Waals surface area contributed by atoms with Crippen molar-refractivity contribution in [3.63, 3.8) is 0 Å². The highest BCUT2D eigenvalue weighted by molar-refractivity contribution is 6.35. The number of fused-ring (bicyclic) bond motifs is 1. The van der Waals surface area contributed by atoms with Crippen LogP contribution in [0.25, 0.3) is 10.9 Å². The Morgan fingerprint density at radius 2 is 1.93 bits per heavy atom. The zero-order valence-corrected chi connectivity index (χ0v) is 15.6. The molecule has 0 aliphatic heterocycles. The molecule has 0 saturated heterocycles. The third-order valence-corrected chi connectivity index (χ3v) is 4.71. The van der Waals surface area contributed by atoms with Crippen LogP contribution in [0, 0.1) is 0 Å². The minimum absolute atomic E-state index is 0.292. The smallest absolute Gasteiger partial charge is 0.276 e. The lowest BCUT2D eigenvalue weighted by Crippen LogP contribution is -2.14. The van der Waals surface area contributed by atoms with E-state index in [9.17, 15) is 4.79 Å². The Morgan fingerprint density at radius 3 is 2.70 bits per heavy atom. The van der Waals surface area contributed by atoms with E-state index < -0.39 is 0 Å². The Bertz CT molecular complexity index is 1130. The number of pyridine rings is 1. The molecule has 0 aliphatic carbocycles. The van der Waals surface area contributed by atoms with Crippen molar-refractivity contribution >= 4 is 45.7 Å². The van der Waals surface area contributed by atoms with Crippen molar-refractivity contribution in [2.45, 2.75) is 6.54 Å². The molecule has 27 heavy (non-hydrogen) atoms. The molecule has 0 saturated carbocycles. The summed E-state index contributed by atoms with van der Waals surface area (Å²) in [4.78, 5) is 16.8. The Labute approximate surface area is 165 Å². The molecule has 2 heterocycles. The Balaban J connectivity index is 1.71. The average molecular weight is 397 g/mol. The maximum atomic E-state index is 12.7. The number of halogens is 2. The highest BCUT2D eigenvalue weighted by Crippen LogP contribution is 2.25. The molecule has 2 aromatic heterocycles. The number of rotatable bonds is 4. The van der Waals surface area contributed by atoms with Crippen LogP contribution in [-0.4, -0.2) is 20.7 Å². The average Bonchev–Trinajstić information content (AvgIpc) is 3.04. The van der Waals surface area contributed by atoms with Gasteiger partial charge in [-0.15, -0.1) is 0 Å². The van der Waals surface area contributed by atoms with E-state index >= 15 is 0 Å². The Morgan fingerprint density at radius 1 is 1.07 bits per heavy atom. The maximum absolute atomic E-state index is 12.7. The minimum Gasteiger partial charge on any atom is -0.319 e. The van der Waals surface area contributed by atoms with Gasteiger partial charge in [0.25, 0.3) is 5.91 Å². The SMILES string of the molecule is O=C(Nc1cccnc1)c1nn(Cc2ccc(Cl)cc2Cl)c2ccccc12. The van der Waals surface area contributed by atoms with Crippen LogP contribution < -0.4 is 5.32 Å². The lowest BCUT2D eigenvalue weighted by Gasteiger charge is -2.06. The number of nitrogens with zero attached hydrogens (tertiary/aromatic N) is 3. The molecule has 4 aromatic rings. The molecule has 7 heteroatoms. The minimum atomic E-state index is -0.292. The molecule has 0 radical (unpaired) electrons. The molecule has 5 nitrogen and oxygen atoms in total. The van der Waals surface area contributed by atoms with Gasteiger partial charge in [-0.3, -0.25) is 14.5 Å². The van der Waals surface area contributed by atoms with E-state index in [2.05, 4.69) is 15.4 Å². The number of para-hydroxylation sites is 1. The molecular weight excluding hydrogens is 383 g/mol. The van der Waals surface area contributed by atoms with Gasteiger partial charge in [0.05, 0.1) is 23.9 Å². The molecule has 0 atom stereocenters. The first-order valence-corrected chi connectivity index (χ1v) is 8.98. The fraction of sp³-hybridized carbons (Fsp3) is 0.0500. The van der Waals surface area contributed by atoms with Gasteiger partial charge in [0, 0.05) is 21.6 Å². The molecule has 0 spiro atoms.